The molecule has 1 aliphatic heterocycles. The fourth-order valence-electron chi connectivity index (χ4n) is 6.67. The number of nitrogens with one attached hydrogen (secondary N) is 2. The summed E-state index contributed by atoms with van der Waals surface area (Å²) in [6.07, 6.45) is 6.33. The first kappa shape index (κ1) is 33.6. The minimum atomic E-state index is -0.225. The van der Waals surface area contributed by atoms with E-state index in [1.807, 2.05) is 114 Å². The van der Waals surface area contributed by atoms with Gasteiger partial charge in [-0.2, -0.15) is 0 Å². The number of aliphatic hydroxyl groups excluding tert-OH is 1. The van der Waals surface area contributed by atoms with E-state index in [2.05, 4.69) is 20.1 Å². The SMILES string of the molecule is CCOC(=O)CCCn1ccc2cc(NC(=O)c3ccc(-n4ccc5cc(NC(=O)c6ccc(N7CCC(O)CC7)cc6)ccc54)cc3)ccc21. The molecule has 0 unspecified atom stereocenters. The van der Waals surface area contributed by atoms with Gasteiger partial charge >= 0.3 is 5.97 Å². The minimum absolute atomic E-state index is 0.176. The number of aromatic nitrogens is 2. The highest BCUT2D eigenvalue weighted by Crippen LogP contribution is 2.26. The van der Waals surface area contributed by atoms with Gasteiger partial charge in [0.25, 0.3) is 11.8 Å². The maximum Gasteiger partial charge on any atom is 0.305 e. The topological polar surface area (TPSA) is 118 Å². The van der Waals surface area contributed by atoms with Crippen LogP contribution >= 0.6 is 0 Å². The maximum absolute atomic E-state index is 13.1. The number of piperidine rings is 1. The lowest BCUT2D eigenvalue weighted by Gasteiger charge is -2.31. The van der Waals surface area contributed by atoms with Gasteiger partial charge in [-0.3, -0.25) is 14.4 Å². The predicted octanol–water partition coefficient (Wildman–Crippen LogP) is 7.39. The van der Waals surface area contributed by atoms with Gasteiger partial charge < -0.3 is 34.5 Å². The molecule has 260 valence electrons. The molecule has 0 bridgehead atoms. The quantitative estimate of drug-likeness (QED) is 0.123. The van der Waals surface area contributed by atoms with Crippen molar-refractivity contribution >= 4 is 56.7 Å². The maximum atomic E-state index is 13.1. The van der Waals surface area contributed by atoms with Crippen LogP contribution in [0.4, 0.5) is 17.1 Å². The van der Waals surface area contributed by atoms with Crippen LogP contribution in [0, 0.1) is 0 Å². The van der Waals surface area contributed by atoms with Gasteiger partial charge in [-0.1, -0.05) is 0 Å². The largest absolute Gasteiger partial charge is 0.466 e. The van der Waals surface area contributed by atoms with Crippen LogP contribution in [0.3, 0.4) is 0 Å². The van der Waals surface area contributed by atoms with Gasteiger partial charge in [-0.15, -0.1) is 0 Å². The number of rotatable bonds is 11. The number of fused-ring (bicyclic) bond motifs is 2. The van der Waals surface area contributed by atoms with Crippen LogP contribution in [-0.2, 0) is 16.1 Å². The Morgan fingerprint density at radius 2 is 1.29 bits per heavy atom. The Balaban J connectivity index is 0.960. The van der Waals surface area contributed by atoms with E-state index in [4.69, 9.17) is 4.74 Å². The summed E-state index contributed by atoms with van der Waals surface area (Å²) >= 11 is 0. The Labute approximate surface area is 296 Å². The van der Waals surface area contributed by atoms with E-state index in [-0.39, 0.29) is 23.9 Å². The number of hydrogen-bond donors (Lipinski definition) is 3. The standard InChI is InChI=1S/C41H41N5O5/c1-2-51-39(48)4-3-21-45-22-17-30-26-32(9-15-37(30)45)42-41(50)29-7-13-35(14-8-29)46-25-18-31-27-33(10-16-38(31)46)43-40(49)28-5-11-34(12-6-28)44-23-19-36(47)20-24-44/h5-18,22,25-27,36,47H,2-4,19-21,23-24H2,1H3,(H,42,50)(H,43,49). The average molecular weight is 684 g/mol. The Kier molecular flexibility index (Phi) is 9.85. The van der Waals surface area contributed by atoms with Crippen molar-refractivity contribution in [2.24, 2.45) is 0 Å². The molecule has 3 N–H and O–H groups in total. The first-order valence-electron chi connectivity index (χ1n) is 17.5. The number of nitrogens with zero attached hydrogens (tertiary/aromatic N) is 3. The van der Waals surface area contributed by atoms with Crippen LogP contribution in [-0.4, -0.2) is 57.8 Å². The van der Waals surface area contributed by atoms with E-state index in [0.717, 1.165) is 59.1 Å². The summed E-state index contributed by atoms with van der Waals surface area (Å²) in [5, 5.41) is 17.8. The summed E-state index contributed by atoms with van der Waals surface area (Å²) in [7, 11) is 0. The lowest BCUT2D eigenvalue weighted by molar-refractivity contribution is -0.143. The van der Waals surface area contributed by atoms with Crippen LogP contribution < -0.4 is 15.5 Å². The summed E-state index contributed by atoms with van der Waals surface area (Å²) in [4.78, 5) is 40.1. The second-order valence-corrected chi connectivity index (χ2v) is 12.9. The number of aryl methyl sites for hydroxylation is 1. The summed E-state index contributed by atoms with van der Waals surface area (Å²) in [6.45, 7) is 4.52. The van der Waals surface area contributed by atoms with E-state index in [0.29, 0.717) is 48.5 Å². The zero-order valence-electron chi connectivity index (χ0n) is 28.5. The molecule has 0 aliphatic carbocycles. The van der Waals surface area contributed by atoms with Gasteiger partial charge in [0, 0.05) is 88.6 Å². The first-order chi connectivity index (χ1) is 24.8. The molecule has 1 saturated heterocycles. The summed E-state index contributed by atoms with van der Waals surface area (Å²) < 4.78 is 9.17. The second kappa shape index (κ2) is 14.9. The fourth-order valence-corrected chi connectivity index (χ4v) is 6.67. The van der Waals surface area contributed by atoms with E-state index in [1.54, 1.807) is 6.92 Å². The van der Waals surface area contributed by atoms with E-state index in [1.165, 1.54) is 0 Å². The highest BCUT2D eigenvalue weighted by Gasteiger charge is 2.18. The highest BCUT2D eigenvalue weighted by atomic mass is 16.5. The monoisotopic (exact) mass is 683 g/mol. The number of hydrogen-bond acceptors (Lipinski definition) is 6. The van der Waals surface area contributed by atoms with Gasteiger partial charge in [0.2, 0.25) is 0 Å². The van der Waals surface area contributed by atoms with Gasteiger partial charge in [0.05, 0.1) is 18.2 Å². The molecule has 3 heterocycles. The molecule has 0 atom stereocenters. The third kappa shape index (κ3) is 7.66. The molecule has 2 amide bonds. The summed E-state index contributed by atoms with van der Waals surface area (Å²) in [5.41, 5.74) is 6.51. The van der Waals surface area contributed by atoms with Crippen molar-refractivity contribution in [2.75, 3.05) is 35.2 Å². The molecule has 1 fully saturated rings. The molecule has 10 nitrogen and oxygen atoms in total. The fraction of sp³-hybridized carbons (Fsp3) is 0.244. The van der Waals surface area contributed by atoms with Crippen LogP contribution in [0.15, 0.2) is 109 Å². The molecule has 6 aromatic rings. The molecular formula is C41H41N5O5. The molecule has 0 radical (unpaired) electrons. The van der Waals surface area contributed by atoms with Crippen molar-refractivity contribution < 1.29 is 24.2 Å². The molecule has 10 heteroatoms. The number of benzene rings is 4. The molecule has 51 heavy (non-hydrogen) atoms. The number of carbonyl (C=O) groups is 3. The van der Waals surface area contributed by atoms with E-state index >= 15 is 0 Å². The van der Waals surface area contributed by atoms with Crippen molar-refractivity contribution in [3.63, 3.8) is 0 Å². The zero-order valence-corrected chi connectivity index (χ0v) is 28.5. The number of esters is 1. The average Bonchev–Trinajstić information content (AvgIpc) is 3.76. The Hall–Kier alpha value is -5.87. The van der Waals surface area contributed by atoms with Gasteiger partial charge in [-0.05, 0) is 123 Å². The summed E-state index contributed by atoms with van der Waals surface area (Å²) in [5.74, 6) is -0.557. The van der Waals surface area contributed by atoms with Crippen molar-refractivity contribution in [1.82, 2.24) is 9.13 Å². The lowest BCUT2D eigenvalue weighted by atomic mass is 10.1. The molecule has 4 aromatic carbocycles. The zero-order chi connectivity index (χ0) is 35.3. The lowest BCUT2D eigenvalue weighted by Crippen LogP contribution is -2.35. The number of anilines is 3. The Bertz CT molecular complexity index is 2180. The molecule has 7 rings (SSSR count). The molecule has 2 aromatic heterocycles. The molecule has 1 aliphatic rings. The van der Waals surface area contributed by atoms with Crippen molar-refractivity contribution in [2.45, 2.75) is 45.3 Å². The molecular weight excluding hydrogens is 642 g/mol. The van der Waals surface area contributed by atoms with Crippen LogP contribution in [0.25, 0.3) is 27.5 Å². The molecule has 0 spiro atoms. The minimum Gasteiger partial charge on any atom is -0.466 e. The van der Waals surface area contributed by atoms with E-state index in [9.17, 15) is 19.5 Å². The van der Waals surface area contributed by atoms with Crippen molar-refractivity contribution in [1.29, 1.82) is 0 Å². The Morgan fingerprint density at radius 1 is 0.725 bits per heavy atom. The third-order valence-corrected chi connectivity index (χ3v) is 9.43. The predicted molar refractivity (Wildman–Crippen MR) is 201 cm³/mol. The molecule has 0 saturated carbocycles. The van der Waals surface area contributed by atoms with Gasteiger partial charge in [0.15, 0.2) is 0 Å². The number of amides is 2. The number of ether oxygens (including phenoxy) is 1. The van der Waals surface area contributed by atoms with Crippen molar-refractivity contribution in [3.05, 3.63) is 121 Å². The normalized spacial score (nSPS) is 13.4. The van der Waals surface area contributed by atoms with E-state index < -0.39 is 0 Å². The Morgan fingerprint density at radius 3 is 1.92 bits per heavy atom. The van der Waals surface area contributed by atoms with Crippen LogP contribution in [0.2, 0.25) is 0 Å². The highest BCUT2D eigenvalue weighted by molar-refractivity contribution is 6.06. The van der Waals surface area contributed by atoms with Crippen LogP contribution in [0.5, 0.6) is 0 Å². The van der Waals surface area contributed by atoms with Crippen LogP contribution in [0.1, 0.15) is 53.3 Å². The smallest absolute Gasteiger partial charge is 0.305 e. The van der Waals surface area contributed by atoms with Crippen molar-refractivity contribution in [3.8, 4) is 5.69 Å². The first-order valence-corrected chi connectivity index (χ1v) is 17.5. The second-order valence-electron chi connectivity index (χ2n) is 12.9. The number of aliphatic hydroxyl groups is 1. The van der Waals surface area contributed by atoms with Gasteiger partial charge in [0.1, 0.15) is 0 Å². The van der Waals surface area contributed by atoms with Gasteiger partial charge in [-0.25, -0.2) is 0 Å². The third-order valence-electron chi connectivity index (χ3n) is 9.43. The summed E-state index contributed by atoms with van der Waals surface area (Å²) in [6, 6.07) is 30.7. The number of carbonyl (C=O) groups excluding carboxylic acids is 3.